The lowest BCUT2D eigenvalue weighted by molar-refractivity contribution is 0.0661. The van der Waals surface area contributed by atoms with Crippen LogP contribution in [0, 0.1) is 11.3 Å². The number of benzene rings is 1. The summed E-state index contributed by atoms with van der Waals surface area (Å²) in [6, 6.07) is 14.1. The Kier molecular flexibility index (Phi) is 5.06. The van der Waals surface area contributed by atoms with Crippen LogP contribution < -0.4 is 0 Å². The summed E-state index contributed by atoms with van der Waals surface area (Å²) in [6.45, 7) is 1.91. The number of nitriles is 1. The molecule has 2 aromatic rings. The highest BCUT2D eigenvalue weighted by Gasteiger charge is 2.29. The molecule has 5 heteroatoms. The Bertz CT molecular complexity index is 699. The molecule has 1 aromatic carbocycles. The molecule has 1 aliphatic heterocycles. The smallest absolute Gasteiger partial charge is 0.265 e. The number of thiophene rings is 1. The van der Waals surface area contributed by atoms with Crippen molar-refractivity contribution in [2.24, 2.45) is 0 Å². The lowest BCUT2D eigenvalue weighted by Crippen LogP contribution is -2.42. The molecule has 1 aromatic heterocycles. The van der Waals surface area contributed by atoms with E-state index in [9.17, 15) is 10.1 Å². The van der Waals surface area contributed by atoms with Crippen molar-refractivity contribution < 1.29 is 9.53 Å². The van der Waals surface area contributed by atoms with Gasteiger partial charge in [-0.2, -0.15) is 5.26 Å². The summed E-state index contributed by atoms with van der Waals surface area (Å²) in [7, 11) is 0. The topological polar surface area (TPSA) is 53.3 Å². The van der Waals surface area contributed by atoms with E-state index in [1.807, 2.05) is 23.1 Å². The zero-order valence-corrected chi connectivity index (χ0v) is 13.6. The van der Waals surface area contributed by atoms with Gasteiger partial charge in [-0.1, -0.05) is 30.3 Å². The molecule has 1 saturated heterocycles. The van der Waals surface area contributed by atoms with E-state index < -0.39 is 0 Å². The molecule has 0 unspecified atom stereocenters. The Hall–Kier alpha value is -2.16. The number of amides is 1. The Labute approximate surface area is 139 Å². The maximum atomic E-state index is 12.9. The highest BCUT2D eigenvalue weighted by molar-refractivity contribution is 7.12. The van der Waals surface area contributed by atoms with Gasteiger partial charge in [0.2, 0.25) is 0 Å². The largest absolute Gasteiger partial charge is 0.379 e. The molecular weight excluding hydrogens is 308 g/mol. The van der Waals surface area contributed by atoms with E-state index in [1.165, 1.54) is 16.9 Å². The van der Waals surface area contributed by atoms with Crippen LogP contribution in [0.25, 0.3) is 0 Å². The summed E-state index contributed by atoms with van der Waals surface area (Å²) in [5.74, 6) is -0.0528. The molecular formula is C18H18N2O2S. The van der Waals surface area contributed by atoms with E-state index in [0.29, 0.717) is 30.2 Å². The summed E-state index contributed by atoms with van der Waals surface area (Å²) >= 11 is 1.34. The Morgan fingerprint density at radius 3 is 2.87 bits per heavy atom. The lowest BCUT2D eigenvalue weighted by atomic mass is 10.1. The minimum Gasteiger partial charge on any atom is -0.379 e. The molecule has 2 heterocycles. The SMILES string of the molecule is N#Cc1ccsc1C(=O)N(CCc1ccccc1)[C@H]1CCOC1. The molecule has 0 aliphatic carbocycles. The van der Waals surface area contributed by atoms with Crippen molar-refractivity contribution in [3.8, 4) is 6.07 Å². The molecule has 0 radical (unpaired) electrons. The van der Waals surface area contributed by atoms with E-state index in [0.717, 1.165) is 12.8 Å². The molecule has 1 aliphatic rings. The molecule has 0 bridgehead atoms. The Morgan fingerprint density at radius 1 is 1.35 bits per heavy atom. The third-order valence-corrected chi connectivity index (χ3v) is 4.97. The van der Waals surface area contributed by atoms with Crippen molar-refractivity contribution in [2.45, 2.75) is 18.9 Å². The molecule has 3 rings (SSSR count). The van der Waals surface area contributed by atoms with Gasteiger partial charge < -0.3 is 9.64 Å². The second-order valence-electron chi connectivity index (χ2n) is 5.53. The second kappa shape index (κ2) is 7.40. The normalized spacial score (nSPS) is 16.9. The Balaban J connectivity index is 1.78. The fourth-order valence-electron chi connectivity index (χ4n) is 2.81. The number of hydrogen-bond acceptors (Lipinski definition) is 4. The Morgan fingerprint density at radius 2 is 2.17 bits per heavy atom. The van der Waals surface area contributed by atoms with Crippen LogP contribution in [0.5, 0.6) is 0 Å². The van der Waals surface area contributed by atoms with E-state index >= 15 is 0 Å². The fourth-order valence-corrected chi connectivity index (χ4v) is 3.60. The number of hydrogen-bond donors (Lipinski definition) is 0. The monoisotopic (exact) mass is 326 g/mol. The first-order chi connectivity index (χ1) is 11.3. The molecule has 23 heavy (non-hydrogen) atoms. The maximum Gasteiger partial charge on any atom is 0.265 e. The van der Waals surface area contributed by atoms with Crippen LogP contribution in [0.4, 0.5) is 0 Å². The van der Waals surface area contributed by atoms with E-state index in [4.69, 9.17) is 4.74 Å². The highest BCUT2D eigenvalue weighted by atomic mass is 32.1. The molecule has 0 N–H and O–H groups in total. The standard InChI is InChI=1S/C18H18N2O2S/c19-12-15-8-11-23-17(15)18(21)20(16-7-10-22-13-16)9-6-14-4-2-1-3-5-14/h1-5,8,11,16H,6-7,9-10,13H2/t16-/m0/s1. The predicted octanol–water partition coefficient (Wildman–Crippen LogP) is 3.09. The second-order valence-corrected chi connectivity index (χ2v) is 6.44. The minimum absolute atomic E-state index is 0.0528. The summed E-state index contributed by atoms with van der Waals surface area (Å²) in [5.41, 5.74) is 1.67. The molecule has 0 spiro atoms. The van der Waals surface area contributed by atoms with Crippen molar-refractivity contribution in [3.63, 3.8) is 0 Å². The maximum absolute atomic E-state index is 12.9. The quantitative estimate of drug-likeness (QED) is 0.848. The molecule has 1 atom stereocenters. The first-order valence-electron chi connectivity index (χ1n) is 7.70. The van der Waals surface area contributed by atoms with Gasteiger partial charge in [0.1, 0.15) is 10.9 Å². The summed E-state index contributed by atoms with van der Waals surface area (Å²) < 4.78 is 5.46. The van der Waals surface area contributed by atoms with Gasteiger partial charge >= 0.3 is 0 Å². The number of nitrogens with zero attached hydrogens (tertiary/aromatic N) is 2. The van der Waals surface area contributed by atoms with E-state index in [-0.39, 0.29) is 11.9 Å². The average molecular weight is 326 g/mol. The van der Waals surface area contributed by atoms with E-state index in [1.54, 1.807) is 11.4 Å². The van der Waals surface area contributed by atoms with Crippen LogP contribution in [0.3, 0.4) is 0 Å². The third kappa shape index (κ3) is 3.61. The van der Waals surface area contributed by atoms with Crippen molar-refractivity contribution in [3.05, 3.63) is 57.8 Å². The highest BCUT2D eigenvalue weighted by Crippen LogP contribution is 2.22. The molecule has 118 valence electrons. The van der Waals surface area contributed by atoms with Crippen LogP contribution in [-0.2, 0) is 11.2 Å². The van der Waals surface area contributed by atoms with Crippen molar-refractivity contribution in [1.29, 1.82) is 5.26 Å². The van der Waals surface area contributed by atoms with Crippen LogP contribution >= 0.6 is 11.3 Å². The van der Waals surface area contributed by atoms with Gasteiger partial charge in [0.05, 0.1) is 18.2 Å². The van der Waals surface area contributed by atoms with Gasteiger partial charge in [0, 0.05) is 13.2 Å². The first-order valence-corrected chi connectivity index (χ1v) is 8.58. The van der Waals surface area contributed by atoms with Crippen LogP contribution in [0.2, 0.25) is 0 Å². The molecule has 4 nitrogen and oxygen atoms in total. The van der Waals surface area contributed by atoms with E-state index in [2.05, 4.69) is 18.2 Å². The molecule has 1 amide bonds. The zero-order chi connectivity index (χ0) is 16.1. The lowest BCUT2D eigenvalue weighted by Gasteiger charge is -2.28. The average Bonchev–Trinajstić information content (AvgIpc) is 3.27. The van der Waals surface area contributed by atoms with Gasteiger partial charge in [-0.25, -0.2) is 0 Å². The zero-order valence-electron chi connectivity index (χ0n) is 12.8. The number of carbonyl (C=O) groups excluding carboxylic acids is 1. The summed E-state index contributed by atoms with van der Waals surface area (Å²) in [5, 5.41) is 11.0. The van der Waals surface area contributed by atoms with Crippen LogP contribution in [0.1, 0.15) is 27.2 Å². The van der Waals surface area contributed by atoms with Crippen LogP contribution in [0.15, 0.2) is 41.8 Å². The first kappa shape index (κ1) is 15.7. The van der Waals surface area contributed by atoms with Crippen molar-refractivity contribution in [1.82, 2.24) is 4.90 Å². The minimum atomic E-state index is -0.0528. The fraction of sp³-hybridized carbons (Fsp3) is 0.333. The van der Waals surface area contributed by atoms with Gasteiger partial charge in [0.25, 0.3) is 5.91 Å². The van der Waals surface area contributed by atoms with Crippen molar-refractivity contribution >= 4 is 17.2 Å². The molecule has 1 fully saturated rings. The van der Waals surface area contributed by atoms with Gasteiger partial charge in [-0.3, -0.25) is 4.79 Å². The summed E-state index contributed by atoms with van der Waals surface area (Å²) in [6.07, 6.45) is 1.66. The number of ether oxygens (including phenoxy) is 1. The summed E-state index contributed by atoms with van der Waals surface area (Å²) in [4.78, 5) is 15.3. The van der Waals surface area contributed by atoms with Gasteiger partial charge in [-0.15, -0.1) is 11.3 Å². The van der Waals surface area contributed by atoms with Gasteiger partial charge in [-0.05, 0) is 29.9 Å². The van der Waals surface area contributed by atoms with Crippen molar-refractivity contribution in [2.75, 3.05) is 19.8 Å². The predicted molar refractivity (Wildman–Crippen MR) is 89.4 cm³/mol. The molecule has 0 saturated carbocycles. The van der Waals surface area contributed by atoms with Gasteiger partial charge in [0.15, 0.2) is 0 Å². The number of carbonyl (C=O) groups is 1. The van der Waals surface area contributed by atoms with Crippen LogP contribution in [-0.4, -0.2) is 36.6 Å². The third-order valence-electron chi connectivity index (χ3n) is 4.07. The number of rotatable bonds is 5.